The fourth-order valence-corrected chi connectivity index (χ4v) is 2.93. The number of carbonyl (C=O) groups excluding carboxylic acids is 1. The van der Waals surface area contributed by atoms with E-state index in [1.165, 1.54) is 18.4 Å². The number of carbonyl (C=O) groups is 1. The number of hydrogen-bond donors (Lipinski definition) is 0. The predicted octanol–water partition coefficient (Wildman–Crippen LogP) is 4.96. The van der Waals surface area contributed by atoms with Crippen LogP contribution in [0.15, 0.2) is 23.8 Å². The van der Waals surface area contributed by atoms with E-state index < -0.39 is 0 Å². The highest BCUT2D eigenvalue weighted by molar-refractivity contribution is 5.88. The molecule has 2 unspecified atom stereocenters. The van der Waals surface area contributed by atoms with Crippen molar-refractivity contribution in [3.8, 4) is 0 Å². The van der Waals surface area contributed by atoms with Gasteiger partial charge in [0.25, 0.3) is 0 Å². The second-order valence-electron chi connectivity index (χ2n) is 7.99. The highest BCUT2D eigenvalue weighted by Gasteiger charge is 2.50. The molecule has 2 atom stereocenters. The zero-order valence-corrected chi connectivity index (χ0v) is 15.0. The van der Waals surface area contributed by atoms with Gasteiger partial charge in [0.1, 0.15) is 0 Å². The molecule has 0 bridgehead atoms. The molecule has 1 aliphatic rings. The van der Waals surface area contributed by atoms with E-state index in [9.17, 15) is 4.79 Å². The van der Waals surface area contributed by atoms with Gasteiger partial charge in [0.05, 0.1) is 0 Å². The van der Waals surface area contributed by atoms with Gasteiger partial charge in [-0.3, -0.25) is 4.79 Å². The first-order chi connectivity index (χ1) is 9.60. The van der Waals surface area contributed by atoms with Crippen molar-refractivity contribution in [2.75, 3.05) is 6.54 Å². The summed E-state index contributed by atoms with van der Waals surface area (Å²) in [6, 6.07) is 0. The summed E-state index contributed by atoms with van der Waals surface area (Å²) in [4.78, 5) is 14.3. The van der Waals surface area contributed by atoms with Crippen LogP contribution in [0.3, 0.4) is 0 Å². The lowest BCUT2D eigenvalue weighted by molar-refractivity contribution is -0.131. The van der Waals surface area contributed by atoms with Gasteiger partial charge in [0.2, 0.25) is 5.91 Å². The summed E-state index contributed by atoms with van der Waals surface area (Å²) >= 11 is 0. The van der Waals surface area contributed by atoms with E-state index in [-0.39, 0.29) is 11.4 Å². The van der Waals surface area contributed by atoms with Crippen molar-refractivity contribution in [2.45, 2.75) is 73.3 Å². The molecule has 2 heteroatoms. The van der Waals surface area contributed by atoms with Crippen molar-refractivity contribution < 1.29 is 4.79 Å². The van der Waals surface area contributed by atoms with Gasteiger partial charge >= 0.3 is 0 Å². The predicted molar refractivity (Wildman–Crippen MR) is 91.2 cm³/mol. The molecule has 0 aromatic heterocycles. The van der Waals surface area contributed by atoms with Crippen LogP contribution in [0.5, 0.6) is 0 Å². The lowest BCUT2D eigenvalue weighted by Crippen LogP contribution is -2.46. The highest BCUT2D eigenvalue weighted by atomic mass is 16.2. The average molecular weight is 291 g/mol. The van der Waals surface area contributed by atoms with Crippen LogP contribution in [-0.2, 0) is 4.79 Å². The Bertz CT molecular complexity index is 423. The van der Waals surface area contributed by atoms with E-state index >= 15 is 0 Å². The molecule has 1 fully saturated rings. The largest absolute Gasteiger partial charge is 0.334 e. The number of nitrogens with zero attached hydrogens (tertiary/aromatic N) is 1. The summed E-state index contributed by atoms with van der Waals surface area (Å²) in [6.07, 6.45) is 9.49. The van der Waals surface area contributed by atoms with Gasteiger partial charge in [-0.15, -0.1) is 0 Å². The maximum absolute atomic E-state index is 12.3. The molecule has 0 aromatic rings. The van der Waals surface area contributed by atoms with Crippen LogP contribution in [-0.4, -0.2) is 22.9 Å². The van der Waals surface area contributed by atoms with Crippen LogP contribution in [0.25, 0.3) is 0 Å². The average Bonchev–Trinajstić information content (AvgIpc) is 2.95. The Morgan fingerprint density at radius 3 is 2.43 bits per heavy atom. The van der Waals surface area contributed by atoms with E-state index in [2.05, 4.69) is 47.6 Å². The number of allylic oxidation sites excluding steroid dienone is 3. The first kappa shape index (κ1) is 18.0. The Hall–Kier alpha value is -1.05. The molecule has 1 saturated carbocycles. The van der Waals surface area contributed by atoms with Crippen LogP contribution in [0.1, 0.15) is 67.7 Å². The van der Waals surface area contributed by atoms with Gasteiger partial charge in [0.15, 0.2) is 0 Å². The second kappa shape index (κ2) is 6.81. The third-order valence-corrected chi connectivity index (χ3v) is 4.59. The summed E-state index contributed by atoms with van der Waals surface area (Å²) in [6.45, 7) is 15.8. The molecular formula is C19H33NO. The molecule has 0 aromatic carbocycles. The summed E-state index contributed by atoms with van der Waals surface area (Å²) in [5.41, 5.74) is 1.71. The van der Waals surface area contributed by atoms with Gasteiger partial charge in [-0.05, 0) is 78.2 Å². The normalized spacial score (nSPS) is 25.0. The molecule has 0 aliphatic heterocycles. The molecule has 0 spiro atoms. The Balaban J connectivity index is 2.62. The zero-order valence-electron chi connectivity index (χ0n) is 15.0. The Kier molecular flexibility index (Phi) is 5.83. The number of hydrogen-bond acceptors (Lipinski definition) is 1. The molecule has 0 radical (unpaired) electrons. The number of rotatable bonds is 6. The zero-order chi connectivity index (χ0) is 16.3. The molecule has 0 N–H and O–H groups in total. The van der Waals surface area contributed by atoms with Crippen molar-refractivity contribution in [3.05, 3.63) is 23.8 Å². The minimum absolute atomic E-state index is 0.111. The van der Waals surface area contributed by atoms with Gasteiger partial charge in [-0.1, -0.05) is 24.6 Å². The van der Waals surface area contributed by atoms with E-state index in [4.69, 9.17) is 0 Å². The Morgan fingerprint density at radius 1 is 1.33 bits per heavy atom. The van der Waals surface area contributed by atoms with Crippen molar-refractivity contribution in [1.29, 1.82) is 0 Å². The van der Waals surface area contributed by atoms with Crippen LogP contribution in [0.4, 0.5) is 0 Å². The molecule has 2 nitrogen and oxygen atoms in total. The first-order valence-electron chi connectivity index (χ1n) is 8.18. The maximum Gasteiger partial charge on any atom is 0.246 e. The van der Waals surface area contributed by atoms with E-state index in [0.717, 1.165) is 13.0 Å². The van der Waals surface area contributed by atoms with Crippen molar-refractivity contribution >= 4 is 5.91 Å². The summed E-state index contributed by atoms with van der Waals surface area (Å²) < 4.78 is 0. The van der Waals surface area contributed by atoms with Crippen molar-refractivity contribution in [3.63, 3.8) is 0 Å². The van der Waals surface area contributed by atoms with Crippen LogP contribution in [0, 0.1) is 11.3 Å². The minimum Gasteiger partial charge on any atom is -0.334 e. The topological polar surface area (TPSA) is 20.3 Å². The van der Waals surface area contributed by atoms with Crippen molar-refractivity contribution in [1.82, 2.24) is 4.90 Å². The third-order valence-electron chi connectivity index (χ3n) is 4.59. The van der Waals surface area contributed by atoms with Gasteiger partial charge in [0, 0.05) is 12.1 Å². The second-order valence-corrected chi connectivity index (χ2v) is 7.99. The standard InChI is InChI=1S/C19H33NO/c1-8-10-17(21)20(18(4,5)6)14-16-13-19(16,7)12-9-11-15(2)3/h8,10-11,16H,9,12-14H2,1-7H3. The molecule has 1 aliphatic carbocycles. The van der Waals surface area contributed by atoms with E-state index in [0.29, 0.717) is 11.3 Å². The summed E-state index contributed by atoms with van der Waals surface area (Å²) in [7, 11) is 0. The van der Waals surface area contributed by atoms with E-state index in [1.54, 1.807) is 6.08 Å². The molecule has 0 saturated heterocycles. The van der Waals surface area contributed by atoms with Gasteiger partial charge in [-0.25, -0.2) is 0 Å². The fourth-order valence-electron chi connectivity index (χ4n) is 2.93. The lowest BCUT2D eigenvalue weighted by Gasteiger charge is -2.35. The highest BCUT2D eigenvalue weighted by Crippen LogP contribution is 2.56. The van der Waals surface area contributed by atoms with Crippen molar-refractivity contribution in [2.24, 2.45) is 11.3 Å². The SMILES string of the molecule is CC=CC(=O)N(CC1CC1(C)CCC=C(C)C)C(C)(C)C. The molecular weight excluding hydrogens is 258 g/mol. The van der Waals surface area contributed by atoms with Crippen LogP contribution in [0.2, 0.25) is 0 Å². The van der Waals surface area contributed by atoms with Gasteiger partial charge in [-0.2, -0.15) is 0 Å². The van der Waals surface area contributed by atoms with Crippen LogP contribution < -0.4 is 0 Å². The number of amides is 1. The van der Waals surface area contributed by atoms with Gasteiger partial charge < -0.3 is 4.90 Å². The Labute approximate surface area is 131 Å². The molecule has 1 rings (SSSR count). The molecule has 0 heterocycles. The maximum atomic E-state index is 12.3. The van der Waals surface area contributed by atoms with E-state index in [1.807, 2.05) is 17.9 Å². The molecule has 1 amide bonds. The molecule has 120 valence electrons. The first-order valence-corrected chi connectivity index (χ1v) is 8.18. The van der Waals surface area contributed by atoms with Crippen LogP contribution >= 0.6 is 0 Å². The summed E-state index contributed by atoms with van der Waals surface area (Å²) in [5.74, 6) is 0.792. The third kappa shape index (κ3) is 5.33. The quantitative estimate of drug-likeness (QED) is 0.500. The fraction of sp³-hybridized carbons (Fsp3) is 0.737. The molecule has 21 heavy (non-hydrogen) atoms. The smallest absolute Gasteiger partial charge is 0.246 e. The lowest BCUT2D eigenvalue weighted by atomic mass is 9.97. The minimum atomic E-state index is -0.111. The Morgan fingerprint density at radius 2 is 1.95 bits per heavy atom. The monoisotopic (exact) mass is 291 g/mol. The summed E-state index contributed by atoms with van der Waals surface area (Å²) in [5, 5.41) is 0.